The van der Waals surface area contributed by atoms with Gasteiger partial charge in [-0.15, -0.1) is 11.3 Å². The molecule has 0 saturated heterocycles. The average Bonchev–Trinajstić information content (AvgIpc) is 3.23. The molecule has 0 fully saturated rings. The monoisotopic (exact) mass is 445 g/mol. The second kappa shape index (κ2) is 8.89. The highest BCUT2D eigenvalue weighted by Crippen LogP contribution is 2.36. The first-order valence-electron chi connectivity index (χ1n) is 9.34. The van der Waals surface area contributed by atoms with Crippen LogP contribution in [0.1, 0.15) is 35.3 Å². The third-order valence-corrected chi connectivity index (χ3v) is 7.79. The molecule has 0 aliphatic rings. The van der Waals surface area contributed by atoms with E-state index in [-0.39, 0.29) is 22.4 Å². The van der Waals surface area contributed by atoms with E-state index in [2.05, 4.69) is 0 Å². The number of aryl methyl sites for hydroxylation is 1. The Labute approximate surface area is 180 Å². The van der Waals surface area contributed by atoms with Gasteiger partial charge in [0.1, 0.15) is 16.6 Å². The molecule has 0 aliphatic heterocycles. The van der Waals surface area contributed by atoms with Crippen molar-refractivity contribution < 1.29 is 23.1 Å². The molecule has 1 aromatic heterocycles. The van der Waals surface area contributed by atoms with Crippen LogP contribution in [-0.2, 0) is 16.6 Å². The summed E-state index contributed by atoms with van der Waals surface area (Å²) in [7, 11) is -3.74. The molecule has 1 N–H and O–H groups in total. The summed E-state index contributed by atoms with van der Waals surface area (Å²) in [6, 6.07) is 14.8. The third kappa shape index (κ3) is 4.66. The highest BCUT2D eigenvalue weighted by molar-refractivity contribution is 7.94. The Bertz CT molecular complexity index is 1120. The highest BCUT2D eigenvalue weighted by atomic mass is 32.2. The second-order valence-electron chi connectivity index (χ2n) is 7.09. The van der Waals surface area contributed by atoms with E-state index in [1.807, 2.05) is 26.8 Å². The molecule has 0 amide bonds. The van der Waals surface area contributed by atoms with E-state index in [1.165, 1.54) is 27.8 Å². The van der Waals surface area contributed by atoms with E-state index >= 15 is 0 Å². The molecule has 0 spiro atoms. The van der Waals surface area contributed by atoms with E-state index in [0.717, 1.165) is 11.1 Å². The summed E-state index contributed by atoms with van der Waals surface area (Å²) < 4.78 is 34.2. The summed E-state index contributed by atoms with van der Waals surface area (Å²) in [4.78, 5) is 11.0. The minimum Gasteiger partial charge on any atom is -0.487 e. The molecular weight excluding hydrogens is 422 g/mol. The third-order valence-electron chi connectivity index (χ3n) is 4.43. The maximum absolute atomic E-state index is 13.3. The maximum Gasteiger partial charge on any atom is 0.335 e. The average molecular weight is 446 g/mol. The first kappa shape index (κ1) is 21.9. The van der Waals surface area contributed by atoms with Gasteiger partial charge in [-0.1, -0.05) is 24.3 Å². The number of carboxylic acids is 1. The zero-order chi connectivity index (χ0) is 21.9. The zero-order valence-electron chi connectivity index (χ0n) is 16.9. The highest BCUT2D eigenvalue weighted by Gasteiger charge is 2.30. The number of hydrogen-bond donors (Lipinski definition) is 1. The molecule has 6 nitrogen and oxygen atoms in total. The minimum absolute atomic E-state index is 0.182. The van der Waals surface area contributed by atoms with Gasteiger partial charge in [0.2, 0.25) is 0 Å². The van der Waals surface area contributed by atoms with E-state index in [0.29, 0.717) is 11.4 Å². The number of carbonyl (C=O) groups is 1. The van der Waals surface area contributed by atoms with Crippen molar-refractivity contribution in [3.8, 4) is 5.75 Å². The molecule has 1 heterocycles. The minimum atomic E-state index is -3.74. The van der Waals surface area contributed by atoms with Crippen molar-refractivity contribution >= 4 is 33.0 Å². The SMILES string of the molecule is Cc1ccc(N(C(C)C)S(=O)(=O)c2cccs2)c(OCc2ccc(C(=O)O)cc2)c1. The summed E-state index contributed by atoms with van der Waals surface area (Å²) >= 11 is 1.17. The van der Waals surface area contributed by atoms with Crippen LogP contribution in [0.4, 0.5) is 5.69 Å². The van der Waals surface area contributed by atoms with Crippen LogP contribution in [0.3, 0.4) is 0 Å². The van der Waals surface area contributed by atoms with Gasteiger partial charge in [-0.3, -0.25) is 4.31 Å². The maximum atomic E-state index is 13.3. The van der Waals surface area contributed by atoms with E-state index in [1.54, 1.807) is 41.8 Å². The van der Waals surface area contributed by atoms with Gasteiger partial charge in [0.15, 0.2) is 0 Å². The van der Waals surface area contributed by atoms with Crippen molar-refractivity contribution in [3.05, 3.63) is 76.7 Å². The Balaban J connectivity index is 1.94. The lowest BCUT2D eigenvalue weighted by atomic mass is 10.1. The lowest BCUT2D eigenvalue weighted by molar-refractivity contribution is 0.0697. The van der Waals surface area contributed by atoms with Crippen LogP contribution in [0.2, 0.25) is 0 Å². The number of aromatic carboxylic acids is 1. The van der Waals surface area contributed by atoms with Gasteiger partial charge in [0.25, 0.3) is 10.0 Å². The summed E-state index contributed by atoms with van der Waals surface area (Å²) in [5.41, 5.74) is 2.38. The molecule has 3 rings (SSSR count). The Kier molecular flexibility index (Phi) is 6.48. The van der Waals surface area contributed by atoms with Gasteiger partial charge in [-0.05, 0) is 67.6 Å². The number of sulfonamides is 1. The van der Waals surface area contributed by atoms with Crippen molar-refractivity contribution in [1.82, 2.24) is 0 Å². The zero-order valence-corrected chi connectivity index (χ0v) is 18.5. The van der Waals surface area contributed by atoms with E-state index < -0.39 is 16.0 Å². The second-order valence-corrected chi connectivity index (χ2v) is 10.1. The number of thiophene rings is 1. The number of carboxylic acid groups (broad SMARTS) is 1. The first-order chi connectivity index (χ1) is 14.2. The molecule has 8 heteroatoms. The molecule has 0 radical (unpaired) electrons. The van der Waals surface area contributed by atoms with Crippen LogP contribution in [0.5, 0.6) is 5.75 Å². The number of ether oxygens (including phenoxy) is 1. The predicted molar refractivity (Wildman–Crippen MR) is 118 cm³/mol. The van der Waals surface area contributed by atoms with Crippen LogP contribution in [-0.4, -0.2) is 25.5 Å². The molecule has 3 aromatic rings. The van der Waals surface area contributed by atoms with Gasteiger partial charge in [0, 0.05) is 6.04 Å². The fraction of sp³-hybridized carbons (Fsp3) is 0.227. The number of rotatable bonds is 8. The lowest BCUT2D eigenvalue weighted by Gasteiger charge is -2.29. The van der Waals surface area contributed by atoms with Crippen molar-refractivity contribution in [1.29, 1.82) is 0 Å². The molecule has 30 heavy (non-hydrogen) atoms. The quantitative estimate of drug-likeness (QED) is 0.531. The fourth-order valence-corrected chi connectivity index (χ4v) is 5.77. The largest absolute Gasteiger partial charge is 0.487 e. The van der Waals surface area contributed by atoms with Gasteiger partial charge < -0.3 is 9.84 Å². The summed E-state index contributed by atoms with van der Waals surface area (Å²) in [6.07, 6.45) is 0. The lowest BCUT2D eigenvalue weighted by Crippen LogP contribution is -2.37. The van der Waals surface area contributed by atoms with Gasteiger partial charge in [0.05, 0.1) is 11.3 Å². The van der Waals surface area contributed by atoms with Crippen LogP contribution < -0.4 is 9.04 Å². The van der Waals surface area contributed by atoms with Crippen molar-refractivity contribution in [2.45, 2.75) is 37.6 Å². The molecule has 0 aliphatic carbocycles. The molecule has 158 valence electrons. The normalized spacial score (nSPS) is 11.5. The molecule has 0 unspecified atom stereocenters. The Morgan fingerprint density at radius 1 is 1.13 bits per heavy atom. The predicted octanol–water partition coefficient (Wildman–Crippen LogP) is 4.94. The van der Waals surface area contributed by atoms with Gasteiger partial charge >= 0.3 is 5.97 Å². The Morgan fingerprint density at radius 2 is 1.83 bits per heavy atom. The van der Waals surface area contributed by atoms with E-state index in [9.17, 15) is 13.2 Å². The van der Waals surface area contributed by atoms with Crippen molar-refractivity contribution in [2.75, 3.05) is 4.31 Å². The fourth-order valence-electron chi connectivity index (χ4n) is 3.02. The molecule has 0 atom stereocenters. The van der Waals surface area contributed by atoms with Crippen LogP contribution in [0.15, 0.2) is 64.2 Å². The molecular formula is C22H23NO5S2. The number of nitrogens with zero attached hydrogens (tertiary/aromatic N) is 1. The van der Waals surface area contributed by atoms with E-state index in [4.69, 9.17) is 9.84 Å². The summed E-state index contributed by atoms with van der Waals surface area (Å²) in [5, 5.41) is 10.8. The standard InChI is InChI=1S/C22H23NO5S2/c1-15(2)23(30(26,27)21-5-4-12-29-21)19-11-6-16(3)13-20(19)28-14-17-7-9-18(10-8-17)22(24)25/h4-13,15H,14H2,1-3H3,(H,24,25). The molecule has 0 bridgehead atoms. The summed E-state index contributed by atoms with van der Waals surface area (Å²) in [6.45, 7) is 5.73. The van der Waals surface area contributed by atoms with Crippen molar-refractivity contribution in [2.24, 2.45) is 0 Å². The Hall–Kier alpha value is -2.84. The number of benzene rings is 2. The van der Waals surface area contributed by atoms with Gasteiger partial charge in [-0.2, -0.15) is 0 Å². The molecule has 2 aromatic carbocycles. The first-order valence-corrected chi connectivity index (χ1v) is 11.7. The smallest absolute Gasteiger partial charge is 0.335 e. The van der Waals surface area contributed by atoms with Crippen molar-refractivity contribution in [3.63, 3.8) is 0 Å². The number of anilines is 1. The molecule has 0 saturated carbocycles. The van der Waals surface area contributed by atoms with Crippen LogP contribution in [0.25, 0.3) is 0 Å². The topological polar surface area (TPSA) is 83.9 Å². The van der Waals surface area contributed by atoms with Crippen LogP contribution in [0, 0.1) is 6.92 Å². The Morgan fingerprint density at radius 3 is 2.40 bits per heavy atom. The summed E-state index contributed by atoms with van der Waals surface area (Å²) in [5.74, 6) is -0.541. The van der Waals surface area contributed by atoms with Crippen LogP contribution >= 0.6 is 11.3 Å². The number of hydrogen-bond acceptors (Lipinski definition) is 5. The van der Waals surface area contributed by atoms with Gasteiger partial charge in [-0.25, -0.2) is 13.2 Å².